The summed E-state index contributed by atoms with van der Waals surface area (Å²) in [6.07, 6.45) is 4.79. The Morgan fingerprint density at radius 2 is 1.85 bits per heavy atom. The fourth-order valence-electron chi connectivity index (χ4n) is 2.78. The third kappa shape index (κ3) is 4.39. The molecule has 2 atom stereocenters. The highest BCUT2D eigenvalue weighted by Crippen LogP contribution is 2.23. The van der Waals surface area contributed by atoms with Crippen molar-refractivity contribution in [2.45, 2.75) is 31.7 Å². The van der Waals surface area contributed by atoms with Crippen molar-refractivity contribution >= 4 is 0 Å². The predicted molar refractivity (Wildman–Crippen MR) is 79.3 cm³/mol. The quantitative estimate of drug-likeness (QED) is 0.751. The normalized spacial score (nSPS) is 22.5. The summed E-state index contributed by atoms with van der Waals surface area (Å²) >= 11 is 0. The first kappa shape index (κ1) is 15.1. The van der Waals surface area contributed by atoms with Gasteiger partial charge in [-0.3, -0.25) is 0 Å². The number of benzene rings is 1. The molecule has 112 valence electrons. The van der Waals surface area contributed by atoms with Gasteiger partial charge in [-0.15, -0.1) is 0 Å². The fraction of sp³-hybridized carbons (Fsp3) is 0.625. The first-order valence-corrected chi connectivity index (χ1v) is 7.44. The van der Waals surface area contributed by atoms with E-state index in [9.17, 15) is 5.11 Å². The number of aliphatic hydroxyl groups is 1. The number of methoxy groups -OCH3 is 1. The van der Waals surface area contributed by atoms with Crippen molar-refractivity contribution in [1.82, 2.24) is 5.32 Å². The van der Waals surface area contributed by atoms with Crippen LogP contribution >= 0.6 is 0 Å². The summed E-state index contributed by atoms with van der Waals surface area (Å²) < 4.78 is 10.8. The van der Waals surface area contributed by atoms with Crippen molar-refractivity contribution in [3.05, 3.63) is 24.3 Å². The minimum absolute atomic E-state index is 0.289. The second-order valence-corrected chi connectivity index (χ2v) is 5.31. The minimum Gasteiger partial charge on any atom is -0.497 e. The number of hydrogen-bond acceptors (Lipinski definition) is 4. The molecule has 4 nitrogen and oxygen atoms in total. The predicted octanol–water partition coefficient (Wildman–Crippen LogP) is 2.21. The average Bonchev–Trinajstić information content (AvgIpc) is 2.52. The summed E-state index contributed by atoms with van der Waals surface area (Å²) in [5.41, 5.74) is 0. The third-order valence-electron chi connectivity index (χ3n) is 3.98. The lowest BCUT2D eigenvalue weighted by molar-refractivity contribution is 0.149. The van der Waals surface area contributed by atoms with E-state index in [2.05, 4.69) is 5.32 Å². The molecule has 0 aliphatic heterocycles. The second-order valence-electron chi connectivity index (χ2n) is 5.31. The smallest absolute Gasteiger partial charge is 0.119 e. The SMILES string of the molecule is COc1ccc(OCCNC2CCCCC2CO)cc1. The molecule has 0 aromatic heterocycles. The van der Waals surface area contributed by atoms with Gasteiger partial charge in [0.15, 0.2) is 0 Å². The second kappa shape index (κ2) is 8.12. The molecule has 2 rings (SSSR count). The number of aliphatic hydroxyl groups excluding tert-OH is 1. The van der Waals surface area contributed by atoms with E-state index in [1.54, 1.807) is 7.11 Å². The van der Waals surface area contributed by atoms with E-state index >= 15 is 0 Å². The summed E-state index contributed by atoms with van der Waals surface area (Å²) in [4.78, 5) is 0. The Labute approximate surface area is 121 Å². The maximum absolute atomic E-state index is 9.36. The average molecular weight is 279 g/mol. The maximum atomic E-state index is 9.36. The summed E-state index contributed by atoms with van der Waals surface area (Å²) in [6.45, 7) is 1.74. The van der Waals surface area contributed by atoms with Crippen LogP contribution in [0.1, 0.15) is 25.7 Å². The molecule has 0 amide bonds. The van der Waals surface area contributed by atoms with Gasteiger partial charge in [0.2, 0.25) is 0 Å². The van der Waals surface area contributed by atoms with Crippen molar-refractivity contribution < 1.29 is 14.6 Å². The lowest BCUT2D eigenvalue weighted by atomic mass is 9.85. The minimum atomic E-state index is 0.289. The summed E-state index contributed by atoms with van der Waals surface area (Å²) in [5, 5.41) is 12.9. The highest BCUT2D eigenvalue weighted by atomic mass is 16.5. The van der Waals surface area contributed by atoms with Gasteiger partial charge in [0.05, 0.1) is 7.11 Å². The van der Waals surface area contributed by atoms with Crippen LogP contribution in [-0.2, 0) is 0 Å². The van der Waals surface area contributed by atoms with Gasteiger partial charge >= 0.3 is 0 Å². The van der Waals surface area contributed by atoms with Gasteiger partial charge in [-0.1, -0.05) is 12.8 Å². The summed E-state index contributed by atoms with van der Waals surface area (Å²) in [6, 6.07) is 8.05. The molecule has 1 aromatic rings. The van der Waals surface area contributed by atoms with Crippen molar-refractivity contribution in [3.63, 3.8) is 0 Å². The monoisotopic (exact) mass is 279 g/mol. The zero-order valence-electron chi connectivity index (χ0n) is 12.2. The van der Waals surface area contributed by atoms with E-state index in [-0.39, 0.29) is 6.61 Å². The Morgan fingerprint density at radius 3 is 2.55 bits per heavy atom. The Hall–Kier alpha value is -1.26. The lowest BCUT2D eigenvalue weighted by Crippen LogP contribution is -2.41. The van der Waals surface area contributed by atoms with E-state index in [0.717, 1.165) is 30.9 Å². The highest BCUT2D eigenvalue weighted by molar-refractivity contribution is 5.31. The lowest BCUT2D eigenvalue weighted by Gasteiger charge is -2.31. The molecule has 20 heavy (non-hydrogen) atoms. The van der Waals surface area contributed by atoms with Gasteiger partial charge in [-0.05, 0) is 43.0 Å². The van der Waals surface area contributed by atoms with E-state index in [0.29, 0.717) is 18.6 Å². The van der Waals surface area contributed by atoms with Gasteiger partial charge in [0.25, 0.3) is 0 Å². The zero-order valence-corrected chi connectivity index (χ0v) is 12.2. The molecular weight excluding hydrogens is 254 g/mol. The maximum Gasteiger partial charge on any atom is 0.119 e. The first-order valence-electron chi connectivity index (χ1n) is 7.44. The van der Waals surface area contributed by atoms with E-state index in [4.69, 9.17) is 9.47 Å². The van der Waals surface area contributed by atoms with Gasteiger partial charge in [0, 0.05) is 19.2 Å². The Morgan fingerprint density at radius 1 is 1.15 bits per heavy atom. The number of ether oxygens (including phenoxy) is 2. The molecule has 1 fully saturated rings. The van der Waals surface area contributed by atoms with Crippen LogP contribution in [0.4, 0.5) is 0 Å². The van der Waals surface area contributed by atoms with Crippen LogP contribution in [-0.4, -0.2) is 38.0 Å². The number of hydrogen-bond donors (Lipinski definition) is 2. The van der Waals surface area contributed by atoms with Crippen LogP contribution < -0.4 is 14.8 Å². The van der Waals surface area contributed by atoms with Crippen LogP contribution in [0, 0.1) is 5.92 Å². The van der Waals surface area contributed by atoms with Gasteiger partial charge in [-0.25, -0.2) is 0 Å². The van der Waals surface area contributed by atoms with E-state index in [1.807, 2.05) is 24.3 Å². The van der Waals surface area contributed by atoms with Crippen LogP contribution in [0.25, 0.3) is 0 Å². The molecule has 1 aliphatic carbocycles. The van der Waals surface area contributed by atoms with Gasteiger partial charge in [0.1, 0.15) is 18.1 Å². The molecule has 1 aromatic carbocycles. The van der Waals surface area contributed by atoms with Crippen LogP contribution in [0.15, 0.2) is 24.3 Å². The highest BCUT2D eigenvalue weighted by Gasteiger charge is 2.23. The molecule has 2 N–H and O–H groups in total. The van der Waals surface area contributed by atoms with Crippen molar-refractivity contribution in [2.24, 2.45) is 5.92 Å². The Kier molecular flexibility index (Phi) is 6.15. The van der Waals surface area contributed by atoms with Crippen molar-refractivity contribution in [3.8, 4) is 11.5 Å². The Balaban J connectivity index is 1.67. The summed E-state index contributed by atoms with van der Waals surface area (Å²) in [5.74, 6) is 2.10. The molecule has 1 saturated carbocycles. The molecular formula is C16H25NO3. The third-order valence-corrected chi connectivity index (χ3v) is 3.98. The molecule has 0 saturated heterocycles. The first-order chi connectivity index (χ1) is 9.83. The molecule has 1 aliphatic rings. The van der Waals surface area contributed by atoms with Crippen LogP contribution in [0.3, 0.4) is 0 Å². The van der Waals surface area contributed by atoms with Crippen LogP contribution in [0.5, 0.6) is 11.5 Å². The van der Waals surface area contributed by atoms with Crippen molar-refractivity contribution in [2.75, 3.05) is 26.9 Å². The molecule has 4 heteroatoms. The number of rotatable bonds is 7. The molecule has 0 radical (unpaired) electrons. The number of nitrogens with one attached hydrogen (secondary N) is 1. The van der Waals surface area contributed by atoms with Gasteiger partial charge < -0.3 is 19.9 Å². The van der Waals surface area contributed by atoms with Crippen LogP contribution in [0.2, 0.25) is 0 Å². The van der Waals surface area contributed by atoms with E-state index in [1.165, 1.54) is 12.8 Å². The summed E-state index contributed by atoms with van der Waals surface area (Å²) in [7, 11) is 1.65. The largest absolute Gasteiger partial charge is 0.497 e. The Bertz CT molecular complexity index is 380. The molecule has 0 spiro atoms. The molecule has 0 heterocycles. The molecule has 0 bridgehead atoms. The van der Waals surface area contributed by atoms with Crippen molar-refractivity contribution in [1.29, 1.82) is 0 Å². The topological polar surface area (TPSA) is 50.7 Å². The van der Waals surface area contributed by atoms with Gasteiger partial charge in [-0.2, -0.15) is 0 Å². The fourth-order valence-corrected chi connectivity index (χ4v) is 2.78. The molecule has 2 unspecified atom stereocenters. The standard InChI is InChI=1S/C16H25NO3/c1-19-14-6-8-15(9-7-14)20-11-10-17-16-5-3-2-4-13(16)12-18/h6-9,13,16-18H,2-5,10-12H2,1H3. The zero-order chi connectivity index (χ0) is 14.2. The van der Waals surface area contributed by atoms with E-state index < -0.39 is 0 Å².